The molecule has 17 heavy (non-hydrogen) atoms. The summed E-state index contributed by atoms with van der Waals surface area (Å²) in [7, 11) is 1.96. The summed E-state index contributed by atoms with van der Waals surface area (Å²) in [6, 6.07) is 0. The number of nitrogens with two attached hydrogens (primary N) is 1. The van der Waals surface area contributed by atoms with Gasteiger partial charge in [0.1, 0.15) is 23.2 Å². The van der Waals surface area contributed by atoms with Gasteiger partial charge in [-0.25, -0.2) is 0 Å². The summed E-state index contributed by atoms with van der Waals surface area (Å²) in [5, 5.41) is 2.90. The van der Waals surface area contributed by atoms with E-state index < -0.39 is 5.54 Å². The van der Waals surface area contributed by atoms with Gasteiger partial charge in [0.2, 0.25) is 11.8 Å². The predicted octanol–water partition coefficient (Wildman–Crippen LogP) is 1.95. The van der Waals surface area contributed by atoms with Crippen molar-refractivity contribution < 1.29 is 9.21 Å². The average molecular weight is 235 g/mol. The summed E-state index contributed by atoms with van der Waals surface area (Å²) in [5.74, 6) is 0.339. The van der Waals surface area contributed by atoms with E-state index in [1.807, 2.05) is 11.9 Å². The standard InChI is InChI=1S/C12H17N3O2/c1-15-8-7-17-10(13)9(8)14-11(16)12(15)5-3-2-4-6-12/h7H,2-6,13H2,1H3,(H,14,16). The first-order valence-electron chi connectivity index (χ1n) is 6.07. The molecule has 0 radical (unpaired) electrons. The number of nitrogen functional groups attached to an aromatic ring is 1. The molecular weight excluding hydrogens is 218 g/mol. The van der Waals surface area contributed by atoms with Crippen LogP contribution in [0.2, 0.25) is 0 Å². The molecule has 0 aromatic carbocycles. The minimum absolute atomic E-state index is 0.0558. The second-order valence-corrected chi connectivity index (χ2v) is 4.97. The molecule has 1 amide bonds. The number of carbonyl (C=O) groups is 1. The first-order chi connectivity index (χ1) is 8.15. The highest BCUT2D eigenvalue weighted by Crippen LogP contribution is 2.45. The Kier molecular flexibility index (Phi) is 2.11. The zero-order chi connectivity index (χ0) is 12.0. The fourth-order valence-electron chi connectivity index (χ4n) is 3.05. The van der Waals surface area contributed by atoms with E-state index in [9.17, 15) is 4.79 Å². The molecule has 2 aliphatic rings. The van der Waals surface area contributed by atoms with Crippen molar-refractivity contribution in [3.05, 3.63) is 6.26 Å². The molecule has 5 nitrogen and oxygen atoms in total. The molecule has 0 atom stereocenters. The van der Waals surface area contributed by atoms with Crippen LogP contribution >= 0.6 is 0 Å². The number of likely N-dealkylation sites (N-methyl/N-ethyl adjacent to an activating group) is 1. The lowest BCUT2D eigenvalue weighted by Crippen LogP contribution is -2.59. The van der Waals surface area contributed by atoms with E-state index in [4.69, 9.17) is 10.2 Å². The lowest BCUT2D eigenvalue weighted by molar-refractivity contribution is -0.122. The topological polar surface area (TPSA) is 71.5 Å². The summed E-state index contributed by atoms with van der Waals surface area (Å²) in [6.07, 6.45) is 6.84. The maximum absolute atomic E-state index is 12.3. The number of nitrogens with one attached hydrogen (secondary N) is 1. The number of hydrogen-bond acceptors (Lipinski definition) is 4. The van der Waals surface area contributed by atoms with Crippen LogP contribution < -0.4 is 16.0 Å². The SMILES string of the molecule is CN1c2coc(N)c2NC(=O)C12CCCCC2. The molecule has 1 aliphatic carbocycles. The number of fused-ring (bicyclic) bond motifs is 1. The molecule has 0 saturated heterocycles. The smallest absolute Gasteiger partial charge is 0.250 e. The zero-order valence-electron chi connectivity index (χ0n) is 9.95. The second-order valence-electron chi connectivity index (χ2n) is 4.97. The second kappa shape index (κ2) is 3.42. The van der Waals surface area contributed by atoms with Gasteiger partial charge in [-0.2, -0.15) is 0 Å². The number of hydrogen-bond donors (Lipinski definition) is 2. The Bertz CT molecular complexity index is 460. The minimum atomic E-state index is -0.401. The van der Waals surface area contributed by atoms with Crippen LogP contribution in [0.3, 0.4) is 0 Å². The molecular formula is C12H17N3O2. The van der Waals surface area contributed by atoms with Gasteiger partial charge >= 0.3 is 0 Å². The van der Waals surface area contributed by atoms with Gasteiger partial charge in [0.15, 0.2) is 0 Å². The Morgan fingerprint density at radius 3 is 2.82 bits per heavy atom. The molecule has 1 aliphatic heterocycles. The fraction of sp³-hybridized carbons (Fsp3) is 0.583. The van der Waals surface area contributed by atoms with Crippen molar-refractivity contribution in [1.29, 1.82) is 0 Å². The van der Waals surface area contributed by atoms with E-state index >= 15 is 0 Å². The maximum Gasteiger partial charge on any atom is 0.250 e. The highest BCUT2D eigenvalue weighted by atomic mass is 16.3. The van der Waals surface area contributed by atoms with Crippen molar-refractivity contribution in [2.45, 2.75) is 37.6 Å². The lowest BCUT2D eigenvalue weighted by Gasteiger charge is -2.46. The number of nitrogens with zero attached hydrogens (tertiary/aromatic N) is 1. The molecule has 0 unspecified atom stereocenters. The molecule has 1 spiro atoms. The van der Waals surface area contributed by atoms with Crippen molar-refractivity contribution in [2.75, 3.05) is 23.0 Å². The summed E-state index contributed by atoms with van der Waals surface area (Å²) in [4.78, 5) is 14.4. The van der Waals surface area contributed by atoms with Crippen molar-refractivity contribution in [3.8, 4) is 0 Å². The summed E-state index contributed by atoms with van der Waals surface area (Å²) >= 11 is 0. The van der Waals surface area contributed by atoms with Crippen LogP contribution in [0.15, 0.2) is 10.7 Å². The highest BCUT2D eigenvalue weighted by Gasteiger charge is 2.47. The third-order valence-electron chi connectivity index (χ3n) is 4.15. The van der Waals surface area contributed by atoms with Crippen molar-refractivity contribution in [3.63, 3.8) is 0 Å². The number of rotatable bonds is 0. The molecule has 5 heteroatoms. The van der Waals surface area contributed by atoms with Gasteiger partial charge in [0, 0.05) is 7.05 Å². The predicted molar refractivity (Wildman–Crippen MR) is 66.0 cm³/mol. The summed E-state index contributed by atoms with van der Waals surface area (Å²) in [6.45, 7) is 0. The quantitative estimate of drug-likeness (QED) is 0.721. The highest BCUT2D eigenvalue weighted by molar-refractivity contribution is 6.08. The molecule has 1 aromatic rings. The van der Waals surface area contributed by atoms with Gasteiger partial charge in [0.05, 0.1) is 0 Å². The zero-order valence-corrected chi connectivity index (χ0v) is 9.95. The monoisotopic (exact) mass is 235 g/mol. The van der Waals surface area contributed by atoms with Crippen LogP contribution in [0.4, 0.5) is 17.3 Å². The average Bonchev–Trinajstić information content (AvgIpc) is 2.70. The van der Waals surface area contributed by atoms with E-state index in [2.05, 4.69) is 5.32 Å². The van der Waals surface area contributed by atoms with Gasteiger partial charge in [0.25, 0.3) is 0 Å². The molecule has 0 bridgehead atoms. The third-order valence-corrected chi connectivity index (χ3v) is 4.15. The Morgan fingerprint density at radius 2 is 2.12 bits per heavy atom. The largest absolute Gasteiger partial charge is 0.445 e. The Labute approximate surface area is 99.9 Å². The molecule has 1 saturated carbocycles. The molecule has 92 valence electrons. The Morgan fingerprint density at radius 1 is 1.41 bits per heavy atom. The minimum Gasteiger partial charge on any atom is -0.445 e. The molecule has 2 heterocycles. The van der Waals surface area contributed by atoms with Crippen LogP contribution in [0.25, 0.3) is 0 Å². The van der Waals surface area contributed by atoms with Crippen LogP contribution in [-0.2, 0) is 4.79 Å². The van der Waals surface area contributed by atoms with Gasteiger partial charge in [-0.3, -0.25) is 4.79 Å². The summed E-state index contributed by atoms with van der Waals surface area (Å²) in [5.41, 5.74) is 6.81. The first kappa shape index (κ1) is 10.5. The maximum atomic E-state index is 12.3. The van der Waals surface area contributed by atoms with E-state index in [-0.39, 0.29) is 11.8 Å². The normalized spacial score (nSPS) is 22.4. The van der Waals surface area contributed by atoms with Crippen molar-refractivity contribution >= 4 is 23.2 Å². The Balaban J connectivity index is 2.06. The molecule has 1 aromatic heterocycles. The lowest BCUT2D eigenvalue weighted by atomic mass is 9.78. The molecule has 3 N–H and O–H groups in total. The first-order valence-corrected chi connectivity index (χ1v) is 6.07. The van der Waals surface area contributed by atoms with E-state index in [1.165, 1.54) is 6.42 Å². The molecule has 3 rings (SSSR count). The van der Waals surface area contributed by atoms with Crippen LogP contribution in [-0.4, -0.2) is 18.5 Å². The summed E-state index contributed by atoms with van der Waals surface area (Å²) < 4.78 is 5.19. The van der Waals surface area contributed by atoms with Crippen LogP contribution in [0.5, 0.6) is 0 Å². The van der Waals surface area contributed by atoms with Gasteiger partial charge < -0.3 is 20.4 Å². The van der Waals surface area contributed by atoms with E-state index in [0.29, 0.717) is 5.69 Å². The van der Waals surface area contributed by atoms with E-state index in [1.54, 1.807) is 6.26 Å². The van der Waals surface area contributed by atoms with Gasteiger partial charge in [-0.05, 0) is 12.8 Å². The number of furan rings is 1. The van der Waals surface area contributed by atoms with Crippen molar-refractivity contribution in [2.24, 2.45) is 0 Å². The molecule has 1 fully saturated rings. The third kappa shape index (κ3) is 1.28. The van der Waals surface area contributed by atoms with Crippen molar-refractivity contribution in [1.82, 2.24) is 0 Å². The number of carbonyl (C=O) groups excluding carboxylic acids is 1. The van der Waals surface area contributed by atoms with Gasteiger partial charge in [-0.15, -0.1) is 0 Å². The number of anilines is 3. The van der Waals surface area contributed by atoms with Crippen LogP contribution in [0.1, 0.15) is 32.1 Å². The number of amides is 1. The van der Waals surface area contributed by atoms with Gasteiger partial charge in [-0.1, -0.05) is 19.3 Å². The Hall–Kier alpha value is -1.65. The van der Waals surface area contributed by atoms with E-state index in [0.717, 1.165) is 31.4 Å². The van der Waals surface area contributed by atoms with Crippen LogP contribution in [0, 0.1) is 0 Å². The fourth-order valence-corrected chi connectivity index (χ4v) is 3.05.